The first-order valence-electron chi connectivity index (χ1n) is 9.89. The highest BCUT2D eigenvalue weighted by atomic mass is 16.3. The zero-order valence-electron chi connectivity index (χ0n) is 15.5. The molecule has 0 amide bonds. The van der Waals surface area contributed by atoms with E-state index >= 15 is 0 Å². The Morgan fingerprint density at radius 2 is 1.96 bits per heavy atom. The molecule has 0 radical (unpaired) electrons. The number of rotatable bonds is 2. The fourth-order valence-electron chi connectivity index (χ4n) is 6.29. The zero-order chi connectivity index (χ0) is 19.2. The third kappa shape index (κ3) is 2.01. The minimum atomic E-state index is -1.41. The van der Waals surface area contributed by atoms with Gasteiger partial charge in [0.25, 0.3) is 0 Å². The number of allylic oxidation sites excluding steroid dienone is 3. The second-order valence-corrected chi connectivity index (χ2v) is 9.33. The van der Waals surface area contributed by atoms with Gasteiger partial charge in [-0.25, -0.2) is 0 Å². The van der Waals surface area contributed by atoms with E-state index in [1.165, 1.54) is 18.9 Å². The third-order valence-corrected chi connectivity index (χ3v) is 7.80. The van der Waals surface area contributed by atoms with Gasteiger partial charge < -0.3 is 19.8 Å². The van der Waals surface area contributed by atoms with Crippen LogP contribution in [0.5, 0.6) is 0 Å². The van der Waals surface area contributed by atoms with Gasteiger partial charge in [0.05, 0.1) is 25.6 Å². The number of aliphatic hydroxyl groups is 3. The van der Waals surface area contributed by atoms with Crippen LogP contribution < -0.4 is 0 Å². The maximum absolute atomic E-state index is 12.5. The summed E-state index contributed by atoms with van der Waals surface area (Å²) in [4.78, 5) is 24.7. The molecule has 0 spiro atoms. The van der Waals surface area contributed by atoms with Crippen molar-refractivity contribution in [2.75, 3.05) is 20.1 Å². The van der Waals surface area contributed by atoms with Gasteiger partial charge in [-0.1, -0.05) is 6.08 Å². The van der Waals surface area contributed by atoms with Gasteiger partial charge in [0.1, 0.15) is 17.7 Å². The molecule has 1 heterocycles. The lowest BCUT2D eigenvalue weighted by Crippen LogP contribution is -2.79. The van der Waals surface area contributed by atoms with E-state index in [0.717, 1.165) is 6.54 Å². The fourth-order valence-corrected chi connectivity index (χ4v) is 6.29. The van der Waals surface area contributed by atoms with Gasteiger partial charge in [0, 0.05) is 24.3 Å². The fraction of sp³-hybridized carbons (Fsp3) is 0.619. The van der Waals surface area contributed by atoms with E-state index in [1.807, 2.05) is 6.08 Å². The number of hydrogen-bond donors (Lipinski definition) is 3. The van der Waals surface area contributed by atoms with Crippen molar-refractivity contribution in [1.29, 1.82) is 0 Å². The number of carbonyl (C=O) groups is 2. The largest absolute Gasteiger partial charge is 0.504 e. The summed E-state index contributed by atoms with van der Waals surface area (Å²) in [5.41, 5.74) is -1.74. The molecule has 2 saturated carbocycles. The molecule has 1 aliphatic heterocycles. The molecule has 6 heteroatoms. The number of fused-ring (bicyclic) bond motifs is 1. The van der Waals surface area contributed by atoms with Crippen LogP contribution in [0.2, 0.25) is 0 Å². The van der Waals surface area contributed by atoms with Crippen molar-refractivity contribution in [2.45, 2.75) is 49.9 Å². The van der Waals surface area contributed by atoms with E-state index in [1.54, 1.807) is 6.08 Å². The minimum Gasteiger partial charge on any atom is -0.504 e. The topological polar surface area (TPSA) is 94.8 Å². The van der Waals surface area contributed by atoms with Crippen molar-refractivity contribution in [3.8, 4) is 0 Å². The van der Waals surface area contributed by atoms with Crippen molar-refractivity contribution in [1.82, 2.24) is 0 Å². The average Bonchev–Trinajstić information content (AvgIpc) is 3.43. The molecule has 3 N–H and O–H groups in total. The van der Waals surface area contributed by atoms with E-state index in [0.29, 0.717) is 28.9 Å². The van der Waals surface area contributed by atoms with Crippen molar-refractivity contribution in [3.05, 3.63) is 35.1 Å². The smallest absolute Gasteiger partial charge is 0.220 e. The number of aliphatic hydroxyl groups excluding tert-OH is 2. The molecule has 27 heavy (non-hydrogen) atoms. The van der Waals surface area contributed by atoms with E-state index in [9.17, 15) is 24.9 Å². The highest BCUT2D eigenvalue weighted by Gasteiger charge is 2.73. The number of carbonyl (C=O) groups excluding carboxylic acids is 2. The first-order valence-corrected chi connectivity index (χ1v) is 9.89. The first kappa shape index (κ1) is 17.3. The predicted octanol–water partition coefficient (Wildman–Crippen LogP) is 0.948. The number of likely N-dealkylation sites (tertiary alicyclic amines) is 1. The van der Waals surface area contributed by atoms with Gasteiger partial charge in [-0.05, 0) is 37.0 Å². The average molecular weight is 372 g/mol. The Labute approximate surface area is 158 Å². The third-order valence-electron chi connectivity index (χ3n) is 7.80. The van der Waals surface area contributed by atoms with Crippen LogP contribution in [0.15, 0.2) is 35.1 Å². The standard InChI is InChI=1S/C21H25NO5/c1-22(11-12-2-3-12)9-8-20-17-13(4-5-14(23)18(17)25)10-16(22)21(20,27)7-6-15(24)19(20)26/h4-5,10,12,16,19,26-27H,2-3,6-9,11H2,1H3/p+1. The molecule has 5 aliphatic rings. The lowest BCUT2D eigenvalue weighted by molar-refractivity contribution is -0.944. The Kier molecular flexibility index (Phi) is 3.33. The first-order chi connectivity index (χ1) is 12.7. The van der Waals surface area contributed by atoms with Gasteiger partial charge in [-0.3, -0.25) is 9.59 Å². The summed E-state index contributed by atoms with van der Waals surface area (Å²) in [6.45, 7) is 1.65. The number of piperidine rings is 1. The molecule has 5 unspecified atom stereocenters. The Morgan fingerprint density at radius 1 is 1.22 bits per heavy atom. The van der Waals surface area contributed by atoms with E-state index < -0.39 is 28.7 Å². The van der Waals surface area contributed by atoms with Gasteiger partial charge in [0.15, 0.2) is 11.5 Å². The highest BCUT2D eigenvalue weighted by molar-refractivity contribution is 6.06. The van der Waals surface area contributed by atoms with Crippen LogP contribution in [0.25, 0.3) is 0 Å². The lowest BCUT2D eigenvalue weighted by atomic mass is 9.47. The Balaban J connectivity index is 1.77. The normalized spacial score (nSPS) is 46.1. The molecule has 6 nitrogen and oxygen atoms in total. The molecule has 2 bridgehead atoms. The van der Waals surface area contributed by atoms with Crippen LogP contribution in [0.4, 0.5) is 0 Å². The van der Waals surface area contributed by atoms with Crippen LogP contribution >= 0.6 is 0 Å². The van der Waals surface area contributed by atoms with Crippen molar-refractivity contribution in [3.63, 3.8) is 0 Å². The molecule has 0 aromatic carbocycles. The lowest BCUT2D eigenvalue weighted by Gasteiger charge is -2.65. The molecule has 0 aromatic heterocycles. The number of nitrogens with zero attached hydrogens (tertiary/aromatic N) is 1. The minimum absolute atomic E-state index is 0.111. The summed E-state index contributed by atoms with van der Waals surface area (Å²) >= 11 is 0. The number of Topliss-reactive ketones (excluding diaryl/α,β-unsaturated/α-hetero) is 1. The van der Waals surface area contributed by atoms with Gasteiger partial charge in [-0.2, -0.15) is 0 Å². The molecule has 144 valence electrons. The highest BCUT2D eigenvalue weighted by Crippen LogP contribution is 2.63. The van der Waals surface area contributed by atoms with Crippen LogP contribution in [0, 0.1) is 11.3 Å². The quantitative estimate of drug-likeness (QED) is 0.628. The number of quaternary nitrogens is 1. The van der Waals surface area contributed by atoms with E-state index in [4.69, 9.17) is 0 Å². The second kappa shape index (κ2) is 5.19. The summed E-state index contributed by atoms with van der Waals surface area (Å²) in [6, 6.07) is -0.279. The predicted molar refractivity (Wildman–Crippen MR) is 96.6 cm³/mol. The number of hydrogen-bond acceptors (Lipinski definition) is 5. The Hall–Kier alpha value is -1.76. The summed E-state index contributed by atoms with van der Waals surface area (Å²) < 4.78 is 0.670. The summed E-state index contributed by atoms with van der Waals surface area (Å²) in [5, 5.41) is 33.7. The molecular formula is C21H26NO5+. The molecule has 1 saturated heterocycles. The Morgan fingerprint density at radius 3 is 2.67 bits per heavy atom. The van der Waals surface area contributed by atoms with E-state index in [-0.39, 0.29) is 30.2 Å². The molecule has 5 atom stereocenters. The summed E-state index contributed by atoms with van der Waals surface area (Å²) in [6.07, 6.45) is 6.68. The van der Waals surface area contributed by atoms with E-state index in [2.05, 4.69) is 7.05 Å². The van der Waals surface area contributed by atoms with Gasteiger partial charge in [-0.15, -0.1) is 0 Å². The monoisotopic (exact) mass is 372 g/mol. The van der Waals surface area contributed by atoms with Crippen molar-refractivity contribution < 1.29 is 29.4 Å². The molecule has 4 aliphatic carbocycles. The summed E-state index contributed by atoms with van der Waals surface area (Å²) in [5.74, 6) is -0.634. The Bertz CT molecular complexity index is 853. The molecule has 3 fully saturated rings. The van der Waals surface area contributed by atoms with Crippen LogP contribution in [0.3, 0.4) is 0 Å². The van der Waals surface area contributed by atoms with Crippen LogP contribution in [0.1, 0.15) is 32.1 Å². The molecule has 0 aromatic rings. The van der Waals surface area contributed by atoms with Crippen molar-refractivity contribution >= 4 is 11.6 Å². The molecular weight excluding hydrogens is 346 g/mol. The maximum Gasteiger partial charge on any atom is 0.220 e. The van der Waals surface area contributed by atoms with Crippen molar-refractivity contribution in [2.24, 2.45) is 11.3 Å². The van der Waals surface area contributed by atoms with Crippen LogP contribution in [-0.2, 0) is 9.59 Å². The van der Waals surface area contributed by atoms with Gasteiger partial charge >= 0.3 is 0 Å². The number of likely N-dealkylation sites (N-methyl/N-ethyl adjacent to an activating group) is 1. The van der Waals surface area contributed by atoms with Crippen LogP contribution in [-0.4, -0.2) is 69.3 Å². The maximum atomic E-state index is 12.5. The number of ketones is 2. The second-order valence-electron chi connectivity index (χ2n) is 9.33. The van der Waals surface area contributed by atoms with Gasteiger partial charge in [0.2, 0.25) is 5.78 Å². The summed E-state index contributed by atoms with van der Waals surface area (Å²) in [7, 11) is 2.15. The SMILES string of the molecule is C[N+]1(CC2CC2)CCC23C4=C(O)C(=O)C=CC4=CC1C2(O)CCC(=O)C3O. The molecule has 5 rings (SSSR count). The zero-order valence-corrected chi connectivity index (χ0v) is 15.5.